The third-order valence-electron chi connectivity index (χ3n) is 9.60. The Morgan fingerprint density at radius 3 is 1.64 bits per heavy atom. The highest BCUT2D eigenvalue weighted by Gasteiger charge is 2.30. The number of nitrogens with one attached hydrogen (secondary N) is 2. The Morgan fingerprint density at radius 1 is 0.553 bits per heavy atom. The second-order valence-corrected chi connectivity index (χ2v) is 12.6. The molecule has 2 aromatic heterocycles. The zero-order chi connectivity index (χ0) is 33.6. The van der Waals surface area contributed by atoms with Crippen LogP contribution in [0.4, 0.5) is 4.39 Å². The number of Topliss-reactive ketones (excluding diaryl/α,β-unsaturated/α-hetero) is 4. The van der Waals surface area contributed by atoms with E-state index in [2.05, 4.69) is 15.0 Å². The molecule has 6 rings (SSSR count). The molecule has 0 atom stereocenters. The average Bonchev–Trinajstić information content (AvgIpc) is 3.66. The van der Waals surface area contributed by atoms with Crippen LogP contribution in [0.15, 0.2) is 81.0 Å². The van der Waals surface area contributed by atoms with Gasteiger partial charge in [-0.25, -0.2) is 14.4 Å². The molecule has 0 saturated carbocycles. The number of fused-ring (bicyclic) bond motifs is 2. The molecule has 0 saturated heterocycles. The van der Waals surface area contributed by atoms with E-state index in [9.17, 15) is 23.6 Å². The van der Waals surface area contributed by atoms with Crippen molar-refractivity contribution in [2.75, 3.05) is 0 Å². The number of aromatic nitrogens is 4. The van der Waals surface area contributed by atoms with Crippen LogP contribution >= 0.6 is 0 Å². The zero-order valence-corrected chi connectivity index (χ0v) is 27.3. The summed E-state index contributed by atoms with van der Waals surface area (Å²) in [6.45, 7) is 8.59. The lowest BCUT2D eigenvalue weighted by atomic mass is 9.81. The van der Waals surface area contributed by atoms with E-state index in [-0.39, 0.29) is 29.0 Å². The lowest BCUT2D eigenvalue weighted by Crippen LogP contribution is -2.23. The van der Waals surface area contributed by atoms with Crippen LogP contribution in [0.1, 0.15) is 77.5 Å². The first kappa shape index (κ1) is 31.9. The highest BCUT2D eigenvalue weighted by molar-refractivity contribution is 6.25. The van der Waals surface area contributed by atoms with E-state index in [0.717, 1.165) is 28.2 Å². The fourth-order valence-corrected chi connectivity index (χ4v) is 6.60. The van der Waals surface area contributed by atoms with E-state index < -0.39 is 0 Å². The van der Waals surface area contributed by atoms with E-state index in [1.54, 1.807) is 40.7 Å². The summed E-state index contributed by atoms with van der Waals surface area (Å²) in [5, 5.41) is 0. The molecule has 0 aliphatic heterocycles. The number of benzene rings is 2. The van der Waals surface area contributed by atoms with Gasteiger partial charge >= 0.3 is 0 Å². The number of carbonyl (C=O) groups excluding carboxylic acids is 4. The smallest absolute Gasteiger partial charge is 0.185 e. The highest BCUT2D eigenvalue weighted by atomic mass is 19.1. The molecule has 0 radical (unpaired) electrons. The van der Waals surface area contributed by atoms with E-state index >= 15 is 0 Å². The second-order valence-electron chi connectivity index (χ2n) is 12.6. The maximum atomic E-state index is 13.5. The number of aromatic amines is 2. The molecular formula is C38H37FN4O4. The summed E-state index contributed by atoms with van der Waals surface area (Å²) in [7, 11) is 0. The van der Waals surface area contributed by atoms with Crippen LogP contribution in [0.25, 0.3) is 22.1 Å². The number of nitrogens with zero attached hydrogens (tertiary/aromatic N) is 2. The summed E-state index contributed by atoms with van der Waals surface area (Å²) in [5.74, 6) is 0.857. The Labute approximate surface area is 272 Å². The number of rotatable bonds is 10. The predicted octanol–water partition coefficient (Wildman–Crippen LogP) is 7.06. The summed E-state index contributed by atoms with van der Waals surface area (Å²) < 4.78 is 13.5. The molecule has 8 nitrogen and oxygen atoms in total. The van der Waals surface area contributed by atoms with Gasteiger partial charge in [0.1, 0.15) is 17.5 Å². The molecule has 47 heavy (non-hydrogen) atoms. The molecule has 2 aliphatic rings. The molecule has 4 aromatic rings. The van der Waals surface area contributed by atoms with Gasteiger partial charge in [-0.15, -0.1) is 0 Å². The Morgan fingerprint density at radius 2 is 1.02 bits per heavy atom. The van der Waals surface area contributed by atoms with E-state index in [0.29, 0.717) is 101 Å². The maximum Gasteiger partial charge on any atom is 0.185 e. The fourth-order valence-electron chi connectivity index (χ4n) is 6.60. The average molecular weight is 633 g/mol. The normalized spacial score (nSPS) is 16.3. The minimum absolute atomic E-state index is 0.0483. The molecular weight excluding hydrogens is 595 g/mol. The summed E-state index contributed by atoms with van der Waals surface area (Å²) in [6, 6.07) is 10.2. The molecule has 0 amide bonds. The Bertz CT molecular complexity index is 2150. The van der Waals surface area contributed by atoms with Gasteiger partial charge in [0.2, 0.25) is 0 Å². The van der Waals surface area contributed by atoms with Crippen LogP contribution in [0.5, 0.6) is 0 Å². The summed E-state index contributed by atoms with van der Waals surface area (Å²) in [6.07, 6.45) is 3.76. The molecule has 9 heteroatoms. The van der Waals surface area contributed by atoms with Crippen molar-refractivity contribution in [3.8, 4) is 0 Å². The van der Waals surface area contributed by atoms with Gasteiger partial charge in [-0.3, -0.25) is 19.2 Å². The molecule has 0 bridgehead atoms. The van der Waals surface area contributed by atoms with Gasteiger partial charge in [0.25, 0.3) is 0 Å². The van der Waals surface area contributed by atoms with Crippen LogP contribution in [0, 0.1) is 5.82 Å². The molecule has 0 fully saturated rings. The third kappa shape index (κ3) is 6.10. The molecule has 2 heterocycles. The highest BCUT2D eigenvalue weighted by Crippen LogP contribution is 2.31. The van der Waals surface area contributed by atoms with Crippen LogP contribution in [-0.2, 0) is 38.4 Å². The fraction of sp³-hybridized carbons (Fsp3) is 0.316. The van der Waals surface area contributed by atoms with Crippen molar-refractivity contribution in [3.63, 3.8) is 0 Å². The quantitative estimate of drug-likeness (QED) is 0.180. The number of allylic oxidation sites excluding steroid dienone is 8. The SMILES string of the molecule is CC1=C(C)C(=O)C(CCCc2nc3ccc(CC4=C(C)C(=O)C(CCCc5nc6ccc(F)cc6[nH]5)=C(C)C4=O)cc3[nH]2)=C(C)C1=O. The number of hydrogen-bond acceptors (Lipinski definition) is 6. The van der Waals surface area contributed by atoms with Crippen LogP contribution in [-0.4, -0.2) is 43.1 Å². The van der Waals surface area contributed by atoms with Crippen molar-refractivity contribution in [2.24, 2.45) is 0 Å². The number of aryl methyl sites for hydroxylation is 2. The van der Waals surface area contributed by atoms with Crippen LogP contribution in [0.3, 0.4) is 0 Å². The zero-order valence-electron chi connectivity index (χ0n) is 27.3. The van der Waals surface area contributed by atoms with Gasteiger partial charge in [-0.1, -0.05) is 6.07 Å². The maximum absolute atomic E-state index is 13.5. The van der Waals surface area contributed by atoms with Crippen molar-refractivity contribution >= 4 is 45.2 Å². The molecule has 0 unspecified atom stereocenters. The van der Waals surface area contributed by atoms with Crippen molar-refractivity contribution < 1.29 is 23.6 Å². The topological polar surface area (TPSA) is 126 Å². The number of halogens is 1. The standard InChI is InChI=1S/C38H37FN4O4/c1-19-20(2)36(45)26(21(3)35(19)44)8-6-10-33-40-29-14-12-24(17-31(29)42-33)16-28-23(5)37(46)27(22(4)38(28)47)9-7-11-34-41-30-15-13-25(39)18-32(30)43-34/h12-15,17-18H,6-11,16H2,1-5H3,(H,40,42)(H,41,43). The lowest BCUT2D eigenvalue weighted by molar-refractivity contribution is -0.116. The summed E-state index contributed by atoms with van der Waals surface area (Å²) in [5.41, 5.74) is 8.01. The first-order valence-corrected chi connectivity index (χ1v) is 16.0. The van der Waals surface area contributed by atoms with E-state index in [1.807, 2.05) is 18.2 Å². The largest absolute Gasteiger partial charge is 0.342 e. The third-order valence-corrected chi connectivity index (χ3v) is 9.60. The monoisotopic (exact) mass is 632 g/mol. The van der Waals surface area contributed by atoms with Crippen LogP contribution in [0.2, 0.25) is 0 Å². The first-order valence-electron chi connectivity index (χ1n) is 16.0. The van der Waals surface area contributed by atoms with Crippen molar-refractivity contribution in [1.82, 2.24) is 19.9 Å². The number of hydrogen-bond donors (Lipinski definition) is 2. The molecule has 2 N–H and O–H groups in total. The summed E-state index contributed by atoms with van der Waals surface area (Å²) in [4.78, 5) is 67.9. The minimum Gasteiger partial charge on any atom is -0.342 e. The number of imidazole rings is 2. The number of carbonyl (C=O) groups is 4. The van der Waals surface area contributed by atoms with Gasteiger partial charge in [0, 0.05) is 63.8 Å². The van der Waals surface area contributed by atoms with E-state index in [1.165, 1.54) is 12.1 Å². The van der Waals surface area contributed by atoms with Gasteiger partial charge in [-0.2, -0.15) is 0 Å². The van der Waals surface area contributed by atoms with Gasteiger partial charge in [0.15, 0.2) is 23.1 Å². The predicted molar refractivity (Wildman–Crippen MR) is 178 cm³/mol. The van der Waals surface area contributed by atoms with Gasteiger partial charge < -0.3 is 9.97 Å². The second kappa shape index (κ2) is 12.6. The number of H-pyrrole nitrogens is 2. The molecule has 0 spiro atoms. The van der Waals surface area contributed by atoms with Gasteiger partial charge in [-0.05, 0) is 96.2 Å². The van der Waals surface area contributed by atoms with E-state index in [4.69, 9.17) is 4.98 Å². The van der Waals surface area contributed by atoms with Crippen LogP contribution < -0.4 is 0 Å². The minimum atomic E-state index is -0.330. The Balaban J connectivity index is 1.09. The lowest BCUT2D eigenvalue weighted by Gasteiger charge is -2.21. The van der Waals surface area contributed by atoms with Crippen molar-refractivity contribution in [2.45, 2.75) is 79.6 Å². The Hall–Kier alpha value is -5.05. The molecule has 240 valence electrons. The number of ketones is 4. The summed E-state index contributed by atoms with van der Waals surface area (Å²) >= 11 is 0. The Kier molecular flexibility index (Phi) is 8.57. The molecule has 2 aliphatic carbocycles. The van der Waals surface area contributed by atoms with Crippen molar-refractivity contribution in [3.05, 3.63) is 104 Å². The van der Waals surface area contributed by atoms with Crippen molar-refractivity contribution in [1.29, 1.82) is 0 Å². The molecule has 2 aromatic carbocycles. The first-order chi connectivity index (χ1) is 22.4. The van der Waals surface area contributed by atoms with Gasteiger partial charge in [0.05, 0.1) is 22.1 Å².